The molecule has 0 aliphatic heterocycles. The van der Waals surface area contributed by atoms with E-state index >= 15 is 0 Å². The molecule has 0 fully saturated rings. The lowest BCUT2D eigenvalue weighted by atomic mass is 10.1. The van der Waals surface area contributed by atoms with Gasteiger partial charge in [-0.15, -0.1) is 11.3 Å². The summed E-state index contributed by atoms with van der Waals surface area (Å²) in [5.74, 6) is -0.733. The first-order valence-electron chi connectivity index (χ1n) is 6.36. The van der Waals surface area contributed by atoms with Gasteiger partial charge >= 0.3 is 5.97 Å². The zero-order valence-corrected chi connectivity index (χ0v) is 12.4. The Morgan fingerprint density at radius 3 is 2.76 bits per heavy atom. The Morgan fingerprint density at radius 2 is 2.19 bits per heavy atom. The summed E-state index contributed by atoms with van der Waals surface area (Å²) in [5, 5.41) is 20.5. The molecule has 1 aromatic heterocycles. The summed E-state index contributed by atoms with van der Waals surface area (Å²) in [4.78, 5) is 26.2. The van der Waals surface area contributed by atoms with Crippen LogP contribution >= 0.6 is 11.3 Å². The van der Waals surface area contributed by atoms with E-state index in [4.69, 9.17) is 0 Å². The van der Waals surface area contributed by atoms with E-state index in [0.717, 1.165) is 11.3 Å². The zero-order valence-electron chi connectivity index (χ0n) is 11.6. The van der Waals surface area contributed by atoms with Crippen molar-refractivity contribution in [2.75, 3.05) is 0 Å². The predicted molar refractivity (Wildman–Crippen MR) is 79.7 cm³/mol. The number of carbonyl (C=O) groups is 1. The summed E-state index contributed by atoms with van der Waals surface area (Å²) in [6.45, 7) is 3.97. The molecule has 0 saturated heterocycles. The van der Waals surface area contributed by atoms with E-state index in [0.29, 0.717) is 22.7 Å². The fourth-order valence-electron chi connectivity index (χ4n) is 1.92. The number of carboxylic acid groups (broad SMARTS) is 1. The van der Waals surface area contributed by atoms with Gasteiger partial charge in [-0.2, -0.15) is 0 Å². The first-order chi connectivity index (χ1) is 9.88. The highest BCUT2D eigenvalue weighted by Crippen LogP contribution is 2.31. The van der Waals surface area contributed by atoms with Gasteiger partial charge in [0.15, 0.2) is 0 Å². The van der Waals surface area contributed by atoms with Gasteiger partial charge in [0.1, 0.15) is 9.88 Å². The van der Waals surface area contributed by atoms with E-state index < -0.39 is 10.9 Å². The molecule has 21 heavy (non-hydrogen) atoms. The summed E-state index contributed by atoms with van der Waals surface area (Å²) >= 11 is 1.05. The van der Waals surface area contributed by atoms with Gasteiger partial charge in [-0.3, -0.25) is 10.1 Å². The predicted octanol–water partition coefficient (Wildman–Crippen LogP) is 3.62. The first-order valence-corrected chi connectivity index (χ1v) is 7.18. The Balaban J connectivity index is 2.47. The van der Waals surface area contributed by atoms with Gasteiger partial charge in [-0.25, -0.2) is 9.78 Å². The average molecular weight is 306 g/mol. The minimum atomic E-state index is -1.01. The number of nitro benzene ring substituents is 1. The van der Waals surface area contributed by atoms with Crippen molar-refractivity contribution in [3.63, 3.8) is 0 Å². The number of nitro groups is 1. The number of aromatic nitrogens is 1. The van der Waals surface area contributed by atoms with E-state index in [9.17, 15) is 20.0 Å². The number of nitrogens with zero attached hydrogens (tertiary/aromatic N) is 2. The molecule has 1 heterocycles. The molecule has 6 nitrogen and oxygen atoms in total. The van der Waals surface area contributed by atoms with Crippen molar-refractivity contribution in [1.29, 1.82) is 0 Å². The second-order valence-corrected chi connectivity index (χ2v) is 6.00. The number of rotatable bonds is 5. The third-order valence-corrected chi connectivity index (χ3v) is 3.93. The molecular weight excluding hydrogens is 292 g/mol. The number of aromatic carboxylic acids is 1. The third-order valence-electron chi connectivity index (χ3n) is 2.80. The quantitative estimate of drug-likeness (QED) is 0.672. The largest absolute Gasteiger partial charge is 0.477 e. The second-order valence-electron chi connectivity index (χ2n) is 5.01. The number of thiazole rings is 1. The number of benzene rings is 1. The molecule has 0 saturated carbocycles. The standard InChI is InChI=1S/C14H14N2O4S/c1-8(2)6-11-12(14(17)18)21-13(15-11)9-4-3-5-10(7-9)16(19)20/h3-5,7-8H,6H2,1-2H3,(H,17,18). The Kier molecular flexibility index (Phi) is 4.32. The van der Waals surface area contributed by atoms with Crippen LogP contribution in [0.1, 0.15) is 29.2 Å². The van der Waals surface area contributed by atoms with E-state index in [1.165, 1.54) is 12.1 Å². The van der Waals surface area contributed by atoms with Gasteiger partial charge in [0.05, 0.1) is 10.6 Å². The highest BCUT2D eigenvalue weighted by molar-refractivity contribution is 7.17. The SMILES string of the molecule is CC(C)Cc1nc(-c2cccc([N+](=O)[O-])c2)sc1C(=O)O. The van der Waals surface area contributed by atoms with Gasteiger partial charge in [0.25, 0.3) is 5.69 Å². The topological polar surface area (TPSA) is 93.3 Å². The molecule has 0 unspecified atom stereocenters. The monoisotopic (exact) mass is 306 g/mol. The molecule has 0 spiro atoms. The van der Waals surface area contributed by atoms with Crippen LogP contribution in [0.2, 0.25) is 0 Å². The number of non-ortho nitro benzene ring substituents is 1. The van der Waals surface area contributed by atoms with Crippen LogP contribution in [-0.4, -0.2) is 21.0 Å². The summed E-state index contributed by atoms with van der Waals surface area (Å²) in [6, 6.07) is 6.06. The Bertz CT molecular complexity index is 694. The molecule has 0 aliphatic carbocycles. The van der Waals surface area contributed by atoms with E-state index in [2.05, 4.69) is 4.98 Å². The summed E-state index contributed by atoms with van der Waals surface area (Å²) in [7, 11) is 0. The number of hydrogen-bond acceptors (Lipinski definition) is 5. The van der Waals surface area contributed by atoms with Crippen LogP contribution in [0.5, 0.6) is 0 Å². The van der Waals surface area contributed by atoms with Gasteiger partial charge in [0, 0.05) is 17.7 Å². The minimum Gasteiger partial charge on any atom is -0.477 e. The van der Waals surface area contributed by atoms with Crippen LogP contribution in [0, 0.1) is 16.0 Å². The van der Waals surface area contributed by atoms with Crippen molar-refractivity contribution in [2.24, 2.45) is 5.92 Å². The molecule has 1 N–H and O–H groups in total. The number of carboxylic acids is 1. The first kappa shape index (κ1) is 15.1. The Morgan fingerprint density at radius 1 is 1.48 bits per heavy atom. The van der Waals surface area contributed by atoms with Gasteiger partial charge in [-0.05, 0) is 12.3 Å². The molecule has 0 radical (unpaired) electrons. The van der Waals surface area contributed by atoms with E-state index in [1.807, 2.05) is 13.8 Å². The normalized spacial score (nSPS) is 10.8. The van der Waals surface area contributed by atoms with Crippen LogP contribution in [0.4, 0.5) is 5.69 Å². The molecule has 2 aromatic rings. The Labute approximate surface area is 125 Å². The van der Waals surface area contributed by atoms with Crippen molar-refractivity contribution in [3.8, 4) is 10.6 Å². The second kappa shape index (κ2) is 6.01. The van der Waals surface area contributed by atoms with E-state index in [1.54, 1.807) is 12.1 Å². The maximum atomic E-state index is 11.3. The van der Waals surface area contributed by atoms with Gasteiger partial charge < -0.3 is 5.11 Å². The molecule has 2 rings (SSSR count). The van der Waals surface area contributed by atoms with Crippen molar-refractivity contribution >= 4 is 23.0 Å². The fraction of sp³-hybridized carbons (Fsp3) is 0.286. The van der Waals surface area contributed by atoms with Crippen molar-refractivity contribution in [2.45, 2.75) is 20.3 Å². The average Bonchev–Trinajstić information content (AvgIpc) is 2.82. The van der Waals surface area contributed by atoms with Crippen LogP contribution in [-0.2, 0) is 6.42 Å². The Hall–Kier alpha value is -2.28. The fourth-order valence-corrected chi connectivity index (χ4v) is 2.85. The maximum Gasteiger partial charge on any atom is 0.347 e. The molecule has 7 heteroatoms. The van der Waals surface area contributed by atoms with Crippen LogP contribution in [0.25, 0.3) is 10.6 Å². The highest BCUT2D eigenvalue weighted by Gasteiger charge is 2.19. The molecule has 0 atom stereocenters. The minimum absolute atomic E-state index is 0.0371. The molecule has 1 aromatic carbocycles. The summed E-state index contributed by atoms with van der Waals surface area (Å²) in [6.07, 6.45) is 0.563. The molecular formula is C14H14N2O4S. The van der Waals surface area contributed by atoms with E-state index in [-0.39, 0.29) is 16.5 Å². The van der Waals surface area contributed by atoms with Crippen LogP contribution < -0.4 is 0 Å². The van der Waals surface area contributed by atoms with Crippen molar-refractivity contribution in [3.05, 3.63) is 45.0 Å². The van der Waals surface area contributed by atoms with Crippen LogP contribution in [0.15, 0.2) is 24.3 Å². The summed E-state index contributed by atoms with van der Waals surface area (Å²) in [5.41, 5.74) is 1.06. The smallest absolute Gasteiger partial charge is 0.347 e. The number of hydrogen-bond donors (Lipinski definition) is 1. The maximum absolute atomic E-state index is 11.3. The zero-order chi connectivity index (χ0) is 15.6. The van der Waals surface area contributed by atoms with Crippen LogP contribution in [0.3, 0.4) is 0 Å². The lowest BCUT2D eigenvalue weighted by Gasteiger charge is -2.01. The van der Waals surface area contributed by atoms with Gasteiger partial charge in [0.2, 0.25) is 0 Å². The molecule has 0 aliphatic rings. The highest BCUT2D eigenvalue weighted by atomic mass is 32.1. The van der Waals surface area contributed by atoms with Gasteiger partial charge in [-0.1, -0.05) is 26.0 Å². The molecule has 110 valence electrons. The lowest BCUT2D eigenvalue weighted by Crippen LogP contribution is -2.02. The van der Waals surface area contributed by atoms with Crippen molar-refractivity contribution in [1.82, 2.24) is 4.98 Å². The molecule has 0 bridgehead atoms. The van der Waals surface area contributed by atoms with Crippen molar-refractivity contribution < 1.29 is 14.8 Å². The summed E-state index contributed by atoms with van der Waals surface area (Å²) < 4.78 is 0. The molecule has 0 amide bonds. The third kappa shape index (κ3) is 3.43. The lowest BCUT2D eigenvalue weighted by molar-refractivity contribution is -0.384.